The van der Waals surface area contributed by atoms with E-state index in [0.29, 0.717) is 11.7 Å². The quantitative estimate of drug-likeness (QED) is 0.717. The van der Waals surface area contributed by atoms with Crippen LogP contribution in [-0.2, 0) is 0 Å². The van der Waals surface area contributed by atoms with Gasteiger partial charge >= 0.3 is 0 Å². The van der Waals surface area contributed by atoms with E-state index < -0.39 is 0 Å². The molecular weight excluding hydrogens is 172 g/mol. The van der Waals surface area contributed by atoms with Gasteiger partial charge in [-0.25, -0.2) is 0 Å². The van der Waals surface area contributed by atoms with Gasteiger partial charge < -0.3 is 5.11 Å². The lowest BCUT2D eigenvalue weighted by Crippen LogP contribution is -2.08. The largest absolute Gasteiger partial charge is 0.508 e. The van der Waals surface area contributed by atoms with E-state index in [1.165, 1.54) is 31.2 Å². The van der Waals surface area contributed by atoms with Crippen molar-refractivity contribution in [2.75, 3.05) is 0 Å². The Kier molecular flexibility index (Phi) is 1.79. The molecule has 0 saturated heterocycles. The maximum absolute atomic E-state index is 9.80. The number of rotatable bonds is 1. The summed E-state index contributed by atoms with van der Waals surface area (Å²) >= 11 is 0. The fourth-order valence-electron chi connectivity index (χ4n) is 3.43. The van der Waals surface area contributed by atoms with Gasteiger partial charge in [-0.1, -0.05) is 24.6 Å². The lowest BCUT2D eigenvalue weighted by atomic mass is 9.83. The summed E-state index contributed by atoms with van der Waals surface area (Å²) in [5.74, 6) is 2.96. The van der Waals surface area contributed by atoms with Gasteiger partial charge in [-0.2, -0.15) is 0 Å². The smallest absolute Gasteiger partial charge is 0.119 e. The van der Waals surface area contributed by atoms with Crippen LogP contribution < -0.4 is 0 Å². The van der Waals surface area contributed by atoms with Crippen molar-refractivity contribution in [1.82, 2.24) is 0 Å². The van der Waals surface area contributed by atoms with Crippen LogP contribution in [0.2, 0.25) is 0 Å². The van der Waals surface area contributed by atoms with Gasteiger partial charge in [0.15, 0.2) is 0 Å². The molecule has 0 heterocycles. The molecule has 74 valence electrons. The third-order valence-electron chi connectivity index (χ3n) is 4.07. The normalized spacial score (nSPS) is 35.0. The minimum Gasteiger partial charge on any atom is -0.508 e. The predicted octanol–water partition coefficient (Wildman–Crippen LogP) is 3.30. The molecule has 2 saturated carbocycles. The highest BCUT2D eigenvalue weighted by Gasteiger charge is 2.40. The van der Waals surface area contributed by atoms with Gasteiger partial charge in [0.05, 0.1) is 0 Å². The number of hydrogen-bond donors (Lipinski definition) is 1. The molecule has 14 heavy (non-hydrogen) atoms. The summed E-state index contributed by atoms with van der Waals surface area (Å²) in [7, 11) is 0. The summed E-state index contributed by atoms with van der Waals surface area (Å²) in [5.41, 5.74) is 1.19. The monoisotopic (exact) mass is 188 g/mol. The molecule has 2 fully saturated rings. The first-order valence-corrected chi connectivity index (χ1v) is 5.62. The van der Waals surface area contributed by atoms with Crippen LogP contribution in [0.5, 0.6) is 5.75 Å². The topological polar surface area (TPSA) is 20.2 Å². The Hall–Kier alpha value is -0.980. The van der Waals surface area contributed by atoms with E-state index in [2.05, 4.69) is 6.07 Å². The summed E-state index contributed by atoms with van der Waals surface area (Å²) in [5, 5.41) is 9.80. The van der Waals surface area contributed by atoms with Crippen molar-refractivity contribution >= 4 is 0 Å². The van der Waals surface area contributed by atoms with Crippen molar-refractivity contribution in [2.45, 2.75) is 31.6 Å². The number of aromatic hydroxyl groups is 1. The van der Waals surface area contributed by atoms with Gasteiger partial charge in [0.25, 0.3) is 0 Å². The van der Waals surface area contributed by atoms with E-state index in [4.69, 9.17) is 0 Å². The second kappa shape index (κ2) is 3.01. The zero-order valence-corrected chi connectivity index (χ0v) is 8.32. The molecule has 1 nitrogen and oxygen atoms in total. The number of phenols is 1. The van der Waals surface area contributed by atoms with Gasteiger partial charge in [0.2, 0.25) is 0 Å². The minimum absolute atomic E-state index is 0.505. The van der Waals surface area contributed by atoms with Crippen molar-refractivity contribution in [3.63, 3.8) is 0 Å². The number of benzene rings is 1. The van der Waals surface area contributed by atoms with E-state index in [0.717, 1.165) is 11.8 Å². The van der Waals surface area contributed by atoms with Crippen LogP contribution in [0.15, 0.2) is 24.3 Å². The lowest BCUT2D eigenvalue weighted by Gasteiger charge is -2.22. The molecule has 2 aliphatic carbocycles. The van der Waals surface area contributed by atoms with Gasteiger partial charge in [-0.05, 0) is 48.6 Å². The number of para-hydroxylation sites is 1. The third kappa shape index (κ3) is 1.15. The van der Waals surface area contributed by atoms with Crippen LogP contribution in [0, 0.1) is 11.8 Å². The zero-order chi connectivity index (χ0) is 9.54. The Morgan fingerprint density at radius 1 is 1.07 bits per heavy atom. The highest BCUT2D eigenvalue weighted by atomic mass is 16.3. The standard InChI is InChI=1S/C13H16O/c14-13-4-2-1-3-11(13)12-8-9-5-6-10(12)7-9/h1-4,9-10,12,14H,5-8H2/t9-,10-,12-/m0/s1. The number of fused-ring (bicyclic) bond motifs is 2. The second-order valence-electron chi connectivity index (χ2n) is 4.84. The summed E-state index contributed by atoms with van der Waals surface area (Å²) in [6, 6.07) is 7.87. The van der Waals surface area contributed by atoms with Crippen molar-refractivity contribution in [1.29, 1.82) is 0 Å². The Morgan fingerprint density at radius 3 is 2.57 bits per heavy atom. The summed E-state index contributed by atoms with van der Waals surface area (Å²) in [4.78, 5) is 0. The fraction of sp³-hybridized carbons (Fsp3) is 0.538. The third-order valence-corrected chi connectivity index (χ3v) is 4.07. The minimum atomic E-state index is 0.505. The van der Waals surface area contributed by atoms with Crippen molar-refractivity contribution < 1.29 is 5.11 Å². The molecule has 0 amide bonds. The molecular formula is C13H16O. The van der Waals surface area contributed by atoms with Gasteiger partial charge in [-0.15, -0.1) is 0 Å². The molecule has 1 N–H and O–H groups in total. The Balaban J connectivity index is 1.93. The molecule has 1 aromatic rings. The van der Waals surface area contributed by atoms with Crippen molar-refractivity contribution in [3.05, 3.63) is 29.8 Å². The molecule has 3 rings (SSSR count). The van der Waals surface area contributed by atoms with Gasteiger partial charge in [-0.3, -0.25) is 0 Å². The average Bonchev–Trinajstić information content (AvgIpc) is 2.79. The van der Waals surface area contributed by atoms with E-state index in [9.17, 15) is 5.11 Å². The molecule has 0 unspecified atom stereocenters. The Bertz CT molecular complexity index is 345. The highest BCUT2D eigenvalue weighted by molar-refractivity contribution is 5.36. The van der Waals surface area contributed by atoms with Gasteiger partial charge in [0, 0.05) is 0 Å². The fourth-order valence-corrected chi connectivity index (χ4v) is 3.43. The molecule has 2 bridgehead atoms. The van der Waals surface area contributed by atoms with Crippen LogP contribution in [0.1, 0.15) is 37.2 Å². The molecule has 0 spiro atoms. The summed E-state index contributed by atoms with van der Waals surface area (Å²) in [6.07, 6.45) is 5.51. The van der Waals surface area contributed by atoms with Crippen molar-refractivity contribution in [2.24, 2.45) is 11.8 Å². The Labute approximate surface area is 84.8 Å². The van der Waals surface area contributed by atoms with Crippen LogP contribution in [0.3, 0.4) is 0 Å². The first kappa shape index (κ1) is 8.34. The number of phenolic OH excluding ortho intramolecular Hbond substituents is 1. The van der Waals surface area contributed by atoms with Crippen molar-refractivity contribution in [3.8, 4) is 5.75 Å². The SMILES string of the molecule is Oc1ccccc1[C@H]1C[C@H]2CC[C@H]1C2. The van der Waals surface area contributed by atoms with E-state index >= 15 is 0 Å². The van der Waals surface area contributed by atoms with Crippen LogP contribution >= 0.6 is 0 Å². The molecule has 0 radical (unpaired) electrons. The lowest BCUT2D eigenvalue weighted by molar-refractivity contribution is 0.397. The highest BCUT2D eigenvalue weighted by Crippen LogP contribution is 2.54. The maximum Gasteiger partial charge on any atom is 0.119 e. The summed E-state index contributed by atoms with van der Waals surface area (Å²) in [6.45, 7) is 0. The predicted molar refractivity (Wildman–Crippen MR) is 56.3 cm³/mol. The zero-order valence-electron chi connectivity index (χ0n) is 8.32. The van der Waals surface area contributed by atoms with E-state index in [-0.39, 0.29) is 0 Å². The molecule has 3 atom stereocenters. The van der Waals surface area contributed by atoms with Gasteiger partial charge in [0.1, 0.15) is 5.75 Å². The average molecular weight is 188 g/mol. The van der Waals surface area contributed by atoms with Crippen LogP contribution in [-0.4, -0.2) is 5.11 Å². The molecule has 0 aliphatic heterocycles. The maximum atomic E-state index is 9.80. The first-order chi connectivity index (χ1) is 6.84. The molecule has 1 heteroatoms. The van der Waals surface area contributed by atoms with Crippen LogP contribution in [0.4, 0.5) is 0 Å². The molecule has 1 aromatic carbocycles. The van der Waals surface area contributed by atoms with E-state index in [1.54, 1.807) is 0 Å². The van der Waals surface area contributed by atoms with Crippen LogP contribution in [0.25, 0.3) is 0 Å². The summed E-state index contributed by atoms with van der Waals surface area (Å²) < 4.78 is 0. The molecule has 0 aromatic heterocycles. The first-order valence-electron chi connectivity index (χ1n) is 5.62. The number of hydrogen-bond acceptors (Lipinski definition) is 1. The Morgan fingerprint density at radius 2 is 1.93 bits per heavy atom. The van der Waals surface area contributed by atoms with E-state index in [1.807, 2.05) is 18.2 Å². The second-order valence-corrected chi connectivity index (χ2v) is 4.84. The molecule has 2 aliphatic rings.